The molecular formula is C13H16BrNO3. The third-order valence-electron chi connectivity index (χ3n) is 3.76. The monoisotopic (exact) mass is 313 g/mol. The molecule has 1 aliphatic rings. The lowest BCUT2D eigenvalue weighted by molar-refractivity contribution is -0.0510. The first-order chi connectivity index (χ1) is 8.32. The molecule has 2 rings (SSSR count). The molecule has 0 aromatic heterocycles. The number of carbonyl (C=O) groups is 1. The van der Waals surface area contributed by atoms with Crippen molar-refractivity contribution in [3.8, 4) is 0 Å². The summed E-state index contributed by atoms with van der Waals surface area (Å²) in [7, 11) is 0. The molecule has 2 atom stereocenters. The van der Waals surface area contributed by atoms with Gasteiger partial charge >= 0.3 is 5.97 Å². The van der Waals surface area contributed by atoms with E-state index in [2.05, 4.69) is 21.2 Å². The molecule has 3 N–H and O–H groups in total. The molecule has 0 radical (unpaired) electrons. The molecule has 0 amide bonds. The Balaban J connectivity index is 2.12. The molecule has 1 aromatic carbocycles. The van der Waals surface area contributed by atoms with Gasteiger partial charge in [-0.05, 0) is 40.5 Å². The zero-order valence-corrected chi connectivity index (χ0v) is 11.9. The summed E-state index contributed by atoms with van der Waals surface area (Å²) >= 11 is 3.25. The number of nitrogens with one attached hydrogen (secondary N) is 1. The molecule has 98 valence electrons. The van der Waals surface area contributed by atoms with Gasteiger partial charge in [0.15, 0.2) is 0 Å². The van der Waals surface area contributed by atoms with Crippen LogP contribution in [0.25, 0.3) is 0 Å². The summed E-state index contributed by atoms with van der Waals surface area (Å²) in [5.41, 5.74) is 0.947. The third-order valence-corrected chi connectivity index (χ3v) is 4.41. The van der Waals surface area contributed by atoms with Gasteiger partial charge in [0.25, 0.3) is 0 Å². The second-order valence-electron chi connectivity index (χ2n) is 5.27. The molecule has 1 saturated carbocycles. The maximum absolute atomic E-state index is 10.9. The number of aliphatic hydroxyl groups excluding tert-OH is 1. The van der Waals surface area contributed by atoms with Gasteiger partial charge in [-0.2, -0.15) is 0 Å². The average molecular weight is 314 g/mol. The Bertz CT molecular complexity index is 487. The topological polar surface area (TPSA) is 69.6 Å². The predicted octanol–water partition coefficient (Wildman–Crippen LogP) is 2.72. The lowest BCUT2D eigenvalue weighted by Crippen LogP contribution is -2.56. The Kier molecular flexibility index (Phi) is 3.38. The van der Waals surface area contributed by atoms with Crippen molar-refractivity contribution < 1.29 is 15.0 Å². The van der Waals surface area contributed by atoms with Gasteiger partial charge in [0.1, 0.15) is 0 Å². The number of hydrogen-bond acceptors (Lipinski definition) is 3. The zero-order chi connectivity index (χ0) is 13.5. The van der Waals surface area contributed by atoms with Crippen LogP contribution < -0.4 is 5.32 Å². The Hall–Kier alpha value is -1.07. The summed E-state index contributed by atoms with van der Waals surface area (Å²) in [6.45, 7) is 4.03. The maximum Gasteiger partial charge on any atom is 0.336 e. The Morgan fingerprint density at radius 1 is 1.50 bits per heavy atom. The number of anilines is 1. The molecule has 0 bridgehead atoms. The predicted molar refractivity (Wildman–Crippen MR) is 72.9 cm³/mol. The number of hydrogen-bond donors (Lipinski definition) is 3. The number of halogens is 1. The first kappa shape index (κ1) is 13.4. The van der Waals surface area contributed by atoms with Crippen LogP contribution in [0.4, 0.5) is 5.69 Å². The van der Waals surface area contributed by atoms with Crippen LogP contribution in [0, 0.1) is 5.41 Å². The molecule has 0 aliphatic heterocycles. The highest BCUT2D eigenvalue weighted by molar-refractivity contribution is 9.10. The van der Waals surface area contributed by atoms with E-state index in [1.54, 1.807) is 18.2 Å². The van der Waals surface area contributed by atoms with Crippen molar-refractivity contribution in [3.05, 3.63) is 28.2 Å². The molecule has 5 heteroatoms. The summed E-state index contributed by atoms with van der Waals surface area (Å²) in [4.78, 5) is 10.9. The molecule has 1 fully saturated rings. The number of carboxylic acids is 1. The normalized spacial score (nSPS) is 25.3. The van der Waals surface area contributed by atoms with Gasteiger partial charge in [0.05, 0.1) is 11.7 Å². The van der Waals surface area contributed by atoms with E-state index in [-0.39, 0.29) is 23.1 Å². The Morgan fingerprint density at radius 2 is 2.17 bits per heavy atom. The summed E-state index contributed by atoms with van der Waals surface area (Å²) in [6, 6.07) is 5.27. The second kappa shape index (κ2) is 4.55. The van der Waals surface area contributed by atoms with E-state index in [1.165, 1.54) is 0 Å². The molecule has 0 heterocycles. The van der Waals surface area contributed by atoms with Crippen molar-refractivity contribution in [1.82, 2.24) is 0 Å². The fourth-order valence-electron chi connectivity index (χ4n) is 2.13. The Morgan fingerprint density at radius 3 is 2.61 bits per heavy atom. The van der Waals surface area contributed by atoms with Crippen LogP contribution >= 0.6 is 15.9 Å². The molecule has 1 aromatic rings. The smallest absolute Gasteiger partial charge is 0.336 e. The van der Waals surface area contributed by atoms with Crippen LogP contribution in [-0.2, 0) is 0 Å². The van der Waals surface area contributed by atoms with Crippen molar-refractivity contribution in [3.63, 3.8) is 0 Å². The number of aromatic carboxylic acids is 1. The summed E-state index contributed by atoms with van der Waals surface area (Å²) < 4.78 is 0.553. The van der Waals surface area contributed by atoms with Crippen molar-refractivity contribution in [2.24, 2.45) is 5.41 Å². The van der Waals surface area contributed by atoms with Gasteiger partial charge in [-0.1, -0.05) is 13.8 Å². The molecular weight excluding hydrogens is 298 g/mol. The van der Waals surface area contributed by atoms with Crippen LogP contribution in [0.3, 0.4) is 0 Å². The fourth-order valence-corrected chi connectivity index (χ4v) is 2.68. The van der Waals surface area contributed by atoms with E-state index in [0.29, 0.717) is 10.9 Å². The van der Waals surface area contributed by atoms with Gasteiger partial charge in [-0.15, -0.1) is 0 Å². The van der Waals surface area contributed by atoms with E-state index in [9.17, 15) is 9.90 Å². The van der Waals surface area contributed by atoms with Crippen molar-refractivity contribution in [2.75, 3.05) is 5.32 Å². The fraction of sp³-hybridized carbons (Fsp3) is 0.462. The SMILES string of the molecule is CC1(C)C(O)CC1Nc1ccc(C(=O)O)c(Br)c1. The molecule has 2 unspecified atom stereocenters. The van der Waals surface area contributed by atoms with Crippen molar-refractivity contribution >= 4 is 27.6 Å². The number of aliphatic hydroxyl groups is 1. The zero-order valence-electron chi connectivity index (χ0n) is 10.3. The van der Waals surface area contributed by atoms with E-state index in [0.717, 1.165) is 5.69 Å². The standard InChI is InChI=1S/C13H16BrNO3/c1-13(2)10(6-11(13)16)15-7-3-4-8(12(17)18)9(14)5-7/h3-5,10-11,15-16H,6H2,1-2H3,(H,17,18). The van der Waals surface area contributed by atoms with Crippen LogP contribution in [0.1, 0.15) is 30.6 Å². The highest BCUT2D eigenvalue weighted by atomic mass is 79.9. The molecule has 18 heavy (non-hydrogen) atoms. The van der Waals surface area contributed by atoms with Gasteiger partial charge < -0.3 is 15.5 Å². The van der Waals surface area contributed by atoms with Gasteiger partial charge in [0, 0.05) is 21.6 Å². The van der Waals surface area contributed by atoms with E-state index in [4.69, 9.17) is 5.11 Å². The van der Waals surface area contributed by atoms with E-state index < -0.39 is 5.97 Å². The van der Waals surface area contributed by atoms with Crippen LogP contribution in [0.5, 0.6) is 0 Å². The van der Waals surface area contributed by atoms with Gasteiger partial charge in [-0.3, -0.25) is 0 Å². The van der Waals surface area contributed by atoms with Crippen molar-refractivity contribution in [2.45, 2.75) is 32.4 Å². The number of benzene rings is 1. The summed E-state index contributed by atoms with van der Waals surface area (Å²) in [6.07, 6.45) is 0.433. The first-order valence-electron chi connectivity index (χ1n) is 5.80. The third kappa shape index (κ3) is 2.24. The van der Waals surface area contributed by atoms with Crippen LogP contribution in [0.2, 0.25) is 0 Å². The molecule has 0 saturated heterocycles. The minimum absolute atomic E-state index is 0.155. The minimum atomic E-state index is -0.951. The average Bonchev–Trinajstić information content (AvgIpc) is 2.28. The minimum Gasteiger partial charge on any atom is -0.478 e. The lowest BCUT2D eigenvalue weighted by atomic mass is 9.64. The molecule has 4 nitrogen and oxygen atoms in total. The highest BCUT2D eigenvalue weighted by Crippen LogP contribution is 2.42. The first-order valence-corrected chi connectivity index (χ1v) is 6.59. The molecule has 1 aliphatic carbocycles. The summed E-state index contributed by atoms with van der Waals surface area (Å²) in [5, 5.41) is 21.9. The molecule has 0 spiro atoms. The highest BCUT2D eigenvalue weighted by Gasteiger charge is 2.47. The van der Waals surface area contributed by atoms with Crippen LogP contribution in [0.15, 0.2) is 22.7 Å². The van der Waals surface area contributed by atoms with Gasteiger partial charge in [-0.25, -0.2) is 4.79 Å². The Labute approximate surface area is 114 Å². The van der Waals surface area contributed by atoms with E-state index >= 15 is 0 Å². The lowest BCUT2D eigenvalue weighted by Gasteiger charge is -2.49. The largest absolute Gasteiger partial charge is 0.478 e. The van der Waals surface area contributed by atoms with Gasteiger partial charge in [0.2, 0.25) is 0 Å². The maximum atomic E-state index is 10.9. The summed E-state index contributed by atoms with van der Waals surface area (Å²) in [5.74, 6) is -0.951. The second-order valence-corrected chi connectivity index (χ2v) is 6.12. The number of rotatable bonds is 3. The van der Waals surface area contributed by atoms with Crippen LogP contribution in [-0.4, -0.2) is 28.3 Å². The van der Waals surface area contributed by atoms with Crippen molar-refractivity contribution in [1.29, 1.82) is 0 Å². The van der Waals surface area contributed by atoms with E-state index in [1.807, 2.05) is 13.8 Å². The quantitative estimate of drug-likeness (QED) is 0.802. The number of carboxylic acid groups (broad SMARTS) is 1.